The maximum absolute atomic E-state index is 9.20. The number of hydrogen-bond donors (Lipinski definition) is 2. The number of aliphatic hydroxyl groups is 1. The second kappa shape index (κ2) is 5.51. The van der Waals surface area contributed by atoms with Gasteiger partial charge in [0.1, 0.15) is 0 Å². The Morgan fingerprint density at radius 1 is 1.26 bits per heavy atom. The molecule has 0 heterocycles. The number of anilines is 1. The molecular formula is C16H24N2O. The van der Waals surface area contributed by atoms with Crippen molar-refractivity contribution < 1.29 is 5.11 Å². The molecule has 2 fully saturated rings. The van der Waals surface area contributed by atoms with Crippen LogP contribution in [0.25, 0.3) is 0 Å². The van der Waals surface area contributed by atoms with Crippen LogP contribution < -0.4 is 10.2 Å². The molecule has 0 bridgehead atoms. The van der Waals surface area contributed by atoms with E-state index in [1.165, 1.54) is 42.5 Å². The Kier molecular flexibility index (Phi) is 3.76. The van der Waals surface area contributed by atoms with Crippen molar-refractivity contribution in [2.45, 2.75) is 51.2 Å². The molecule has 0 atom stereocenters. The van der Waals surface area contributed by atoms with Gasteiger partial charge in [-0.1, -0.05) is 6.07 Å². The maximum atomic E-state index is 9.20. The molecule has 1 aromatic carbocycles. The van der Waals surface area contributed by atoms with Crippen molar-refractivity contribution >= 4 is 5.69 Å². The van der Waals surface area contributed by atoms with E-state index in [9.17, 15) is 5.11 Å². The van der Waals surface area contributed by atoms with Crippen LogP contribution in [0.15, 0.2) is 18.2 Å². The highest BCUT2D eigenvalue weighted by atomic mass is 16.3. The van der Waals surface area contributed by atoms with Crippen LogP contribution >= 0.6 is 0 Å². The van der Waals surface area contributed by atoms with Crippen LogP contribution in [0.2, 0.25) is 0 Å². The molecule has 0 radical (unpaired) electrons. The molecule has 2 N–H and O–H groups in total. The molecule has 2 aliphatic rings. The second-order valence-electron chi connectivity index (χ2n) is 5.91. The number of aryl methyl sites for hydroxylation is 1. The minimum Gasteiger partial charge on any atom is -0.395 e. The molecule has 1 aromatic rings. The lowest BCUT2D eigenvalue weighted by atomic mass is 10.1. The van der Waals surface area contributed by atoms with Gasteiger partial charge in [0.2, 0.25) is 0 Å². The molecule has 2 aliphatic carbocycles. The van der Waals surface area contributed by atoms with Gasteiger partial charge in [-0.3, -0.25) is 0 Å². The predicted molar refractivity (Wildman–Crippen MR) is 78.5 cm³/mol. The van der Waals surface area contributed by atoms with Crippen molar-refractivity contribution in [1.82, 2.24) is 5.32 Å². The Hall–Kier alpha value is -1.06. The molecule has 104 valence electrons. The van der Waals surface area contributed by atoms with Crippen molar-refractivity contribution in [2.75, 3.05) is 18.1 Å². The molecule has 3 heteroatoms. The Labute approximate surface area is 115 Å². The molecule has 0 aliphatic heterocycles. The summed E-state index contributed by atoms with van der Waals surface area (Å²) in [6.45, 7) is 4.17. The first-order valence-electron chi connectivity index (χ1n) is 7.48. The van der Waals surface area contributed by atoms with Gasteiger partial charge in [-0.2, -0.15) is 0 Å². The lowest BCUT2D eigenvalue weighted by Gasteiger charge is -2.24. The summed E-state index contributed by atoms with van der Waals surface area (Å²) in [7, 11) is 0. The molecule has 0 aromatic heterocycles. The number of nitrogens with one attached hydrogen (secondary N) is 1. The van der Waals surface area contributed by atoms with Crippen molar-refractivity contribution in [3.63, 3.8) is 0 Å². The van der Waals surface area contributed by atoms with Gasteiger partial charge in [0.25, 0.3) is 0 Å². The second-order valence-corrected chi connectivity index (χ2v) is 5.91. The van der Waals surface area contributed by atoms with E-state index in [1.807, 2.05) is 0 Å². The fourth-order valence-corrected chi connectivity index (χ4v) is 2.62. The number of aliphatic hydroxyl groups excluding tert-OH is 1. The molecule has 19 heavy (non-hydrogen) atoms. The van der Waals surface area contributed by atoms with E-state index in [0.29, 0.717) is 6.04 Å². The third-order valence-corrected chi connectivity index (χ3v) is 4.14. The summed E-state index contributed by atoms with van der Waals surface area (Å²) in [5, 5.41) is 12.8. The highest BCUT2D eigenvalue weighted by molar-refractivity contribution is 5.52. The molecule has 0 unspecified atom stereocenters. The van der Waals surface area contributed by atoms with Crippen molar-refractivity contribution in [3.05, 3.63) is 29.3 Å². The van der Waals surface area contributed by atoms with Crippen LogP contribution in [0.4, 0.5) is 5.69 Å². The summed E-state index contributed by atoms with van der Waals surface area (Å²) in [5.74, 6) is 0. The first-order valence-corrected chi connectivity index (χ1v) is 7.48. The summed E-state index contributed by atoms with van der Waals surface area (Å²) in [5.41, 5.74) is 4.02. The molecule has 3 rings (SSSR count). The van der Waals surface area contributed by atoms with Crippen LogP contribution in [-0.4, -0.2) is 30.3 Å². The quantitative estimate of drug-likeness (QED) is 0.789. The van der Waals surface area contributed by atoms with E-state index in [-0.39, 0.29) is 6.61 Å². The smallest absolute Gasteiger partial charge is 0.0606 e. The lowest BCUT2D eigenvalue weighted by Crippen LogP contribution is -2.29. The zero-order valence-corrected chi connectivity index (χ0v) is 11.7. The highest BCUT2D eigenvalue weighted by Crippen LogP contribution is 2.32. The van der Waals surface area contributed by atoms with E-state index >= 15 is 0 Å². The monoisotopic (exact) mass is 260 g/mol. The Morgan fingerprint density at radius 3 is 2.63 bits per heavy atom. The van der Waals surface area contributed by atoms with Gasteiger partial charge in [0, 0.05) is 30.9 Å². The summed E-state index contributed by atoms with van der Waals surface area (Å²) < 4.78 is 0. The molecule has 0 saturated heterocycles. The van der Waals surface area contributed by atoms with Crippen molar-refractivity contribution in [1.29, 1.82) is 0 Å². The number of rotatable bonds is 7. The fraction of sp³-hybridized carbons (Fsp3) is 0.625. The van der Waals surface area contributed by atoms with Crippen LogP contribution in [0, 0.1) is 6.92 Å². The van der Waals surface area contributed by atoms with Crippen LogP contribution in [0.5, 0.6) is 0 Å². The molecule has 3 nitrogen and oxygen atoms in total. The largest absolute Gasteiger partial charge is 0.395 e. The maximum Gasteiger partial charge on any atom is 0.0606 e. The Morgan fingerprint density at radius 2 is 2.05 bits per heavy atom. The summed E-state index contributed by atoms with van der Waals surface area (Å²) in [6.07, 6.45) is 5.21. The van der Waals surface area contributed by atoms with Gasteiger partial charge < -0.3 is 15.3 Å². The lowest BCUT2D eigenvalue weighted by molar-refractivity contribution is 0.301. The normalized spacial score (nSPS) is 18.6. The highest BCUT2D eigenvalue weighted by Gasteiger charge is 2.29. The topological polar surface area (TPSA) is 35.5 Å². The van der Waals surface area contributed by atoms with Gasteiger partial charge in [-0.25, -0.2) is 0 Å². The van der Waals surface area contributed by atoms with Gasteiger partial charge in [0.15, 0.2) is 0 Å². The molecule has 0 spiro atoms. The average molecular weight is 260 g/mol. The van der Waals surface area contributed by atoms with E-state index < -0.39 is 0 Å². The number of hydrogen-bond acceptors (Lipinski definition) is 3. The van der Waals surface area contributed by atoms with Gasteiger partial charge in [-0.05, 0) is 55.9 Å². The molecule has 2 saturated carbocycles. The first kappa shape index (κ1) is 12.9. The van der Waals surface area contributed by atoms with E-state index in [2.05, 4.69) is 35.3 Å². The van der Waals surface area contributed by atoms with Gasteiger partial charge >= 0.3 is 0 Å². The van der Waals surface area contributed by atoms with Crippen LogP contribution in [0.1, 0.15) is 36.8 Å². The minimum atomic E-state index is 0.237. The average Bonchev–Trinajstić information content (AvgIpc) is 3.28. The summed E-state index contributed by atoms with van der Waals surface area (Å²) in [4.78, 5) is 2.35. The number of nitrogens with zero attached hydrogens (tertiary/aromatic N) is 1. The van der Waals surface area contributed by atoms with E-state index in [0.717, 1.165) is 19.1 Å². The van der Waals surface area contributed by atoms with Crippen LogP contribution in [-0.2, 0) is 6.54 Å². The Bertz CT molecular complexity index is 438. The van der Waals surface area contributed by atoms with E-state index in [1.54, 1.807) is 0 Å². The number of benzene rings is 1. The standard InChI is InChI=1S/C16H24N2O/c1-12-10-16(18(8-9-19)15-6-7-15)5-2-13(12)11-17-14-3-4-14/h2,5,10,14-15,17,19H,3-4,6-9,11H2,1H3. The Balaban J connectivity index is 1.69. The zero-order chi connectivity index (χ0) is 13.2. The van der Waals surface area contributed by atoms with Crippen molar-refractivity contribution in [3.8, 4) is 0 Å². The molecule has 0 amide bonds. The predicted octanol–water partition coefficient (Wildman–Crippen LogP) is 2.21. The van der Waals surface area contributed by atoms with Crippen molar-refractivity contribution in [2.24, 2.45) is 0 Å². The summed E-state index contributed by atoms with van der Waals surface area (Å²) in [6, 6.07) is 8.15. The SMILES string of the molecule is Cc1cc(N(CCO)C2CC2)ccc1CNC1CC1. The minimum absolute atomic E-state index is 0.237. The van der Waals surface area contributed by atoms with Gasteiger partial charge in [-0.15, -0.1) is 0 Å². The van der Waals surface area contributed by atoms with Gasteiger partial charge in [0.05, 0.1) is 6.61 Å². The third kappa shape index (κ3) is 3.28. The van der Waals surface area contributed by atoms with Crippen LogP contribution in [0.3, 0.4) is 0 Å². The summed E-state index contributed by atoms with van der Waals surface area (Å²) >= 11 is 0. The third-order valence-electron chi connectivity index (χ3n) is 4.14. The molecular weight excluding hydrogens is 236 g/mol. The fourth-order valence-electron chi connectivity index (χ4n) is 2.62. The van der Waals surface area contributed by atoms with E-state index in [4.69, 9.17) is 0 Å². The zero-order valence-electron chi connectivity index (χ0n) is 11.7. The first-order chi connectivity index (χ1) is 9.28.